The van der Waals surface area contributed by atoms with Crippen molar-refractivity contribution in [3.05, 3.63) is 29.3 Å². The number of benzene rings is 1. The van der Waals surface area contributed by atoms with E-state index in [0.717, 1.165) is 5.56 Å². The van der Waals surface area contributed by atoms with Crippen LogP contribution in [0, 0.1) is 6.92 Å². The van der Waals surface area contributed by atoms with E-state index in [0.29, 0.717) is 30.8 Å². The molecule has 0 radical (unpaired) electrons. The maximum atomic E-state index is 11.6. The Morgan fingerprint density at radius 1 is 1.14 bits per heavy atom. The van der Waals surface area contributed by atoms with Gasteiger partial charge in [0, 0.05) is 6.42 Å². The van der Waals surface area contributed by atoms with Gasteiger partial charge in [-0.15, -0.1) is 0 Å². The minimum atomic E-state index is -0.468. The van der Waals surface area contributed by atoms with E-state index in [1.807, 2.05) is 33.8 Å². The molecule has 0 N–H and O–H groups in total. The highest BCUT2D eigenvalue weighted by Crippen LogP contribution is 2.18. The van der Waals surface area contributed by atoms with E-state index >= 15 is 0 Å². The van der Waals surface area contributed by atoms with Crippen LogP contribution in [-0.4, -0.2) is 31.3 Å². The molecule has 0 saturated carbocycles. The van der Waals surface area contributed by atoms with Crippen molar-refractivity contribution in [1.82, 2.24) is 0 Å². The number of esters is 2. The van der Waals surface area contributed by atoms with Gasteiger partial charge < -0.3 is 14.2 Å². The Morgan fingerprint density at radius 3 is 2.41 bits per heavy atom. The highest BCUT2D eigenvalue weighted by molar-refractivity contribution is 5.90. The average Bonchev–Trinajstić information content (AvgIpc) is 2.40. The maximum absolute atomic E-state index is 11.6. The van der Waals surface area contributed by atoms with E-state index in [9.17, 15) is 9.59 Å². The highest BCUT2D eigenvalue weighted by Gasteiger charge is 2.15. The van der Waals surface area contributed by atoms with Gasteiger partial charge in [0.2, 0.25) is 0 Å². The summed E-state index contributed by atoms with van der Waals surface area (Å²) in [5.74, 6) is -0.0533. The monoisotopic (exact) mass is 308 g/mol. The lowest BCUT2D eigenvalue weighted by Gasteiger charge is -2.19. The molecule has 0 aliphatic carbocycles. The molecule has 0 spiro atoms. The Kier molecular flexibility index (Phi) is 6.40. The molecule has 1 aromatic carbocycles. The van der Waals surface area contributed by atoms with Crippen molar-refractivity contribution in [2.45, 2.75) is 46.1 Å². The molecule has 0 atom stereocenters. The number of rotatable bonds is 6. The molecular weight excluding hydrogens is 284 g/mol. The fourth-order valence-electron chi connectivity index (χ4n) is 1.87. The van der Waals surface area contributed by atoms with Gasteiger partial charge in [-0.3, -0.25) is 4.79 Å². The molecule has 0 unspecified atom stereocenters. The Balaban J connectivity index is 2.47. The first-order chi connectivity index (χ1) is 10.2. The minimum absolute atomic E-state index is 0.240. The van der Waals surface area contributed by atoms with Crippen molar-refractivity contribution in [3.8, 4) is 5.75 Å². The summed E-state index contributed by atoms with van der Waals surface area (Å²) in [5.41, 5.74) is 0.888. The molecule has 22 heavy (non-hydrogen) atoms. The summed E-state index contributed by atoms with van der Waals surface area (Å²) in [6.45, 7) is 7.76. The number of hydrogen-bond donors (Lipinski definition) is 0. The molecular formula is C17H24O5. The molecule has 5 nitrogen and oxygen atoms in total. The first kappa shape index (κ1) is 18.0. The predicted octanol–water partition coefficient (Wildman–Crippen LogP) is 3.28. The lowest BCUT2D eigenvalue weighted by Crippen LogP contribution is -2.23. The van der Waals surface area contributed by atoms with Crippen molar-refractivity contribution < 1.29 is 23.8 Å². The number of aryl methyl sites for hydroxylation is 1. The van der Waals surface area contributed by atoms with Gasteiger partial charge in [0.15, 0.2) is 0 Å². The third kappa shape index (κ3) is 6.61. The van der Waals surface area contributed by atoms with E-state index in [-0.39, 0.29) is 5.97 Å². The predicted molar refractivity (Wildman–Crippen MR) is 83.1 cm³/mol. The number of methoxy groups -OCH3 is 1. The Bertz CT molecular complexity index is 528. The van der Waals surface area contributed by atoms with Crippen LogP contribution in [-0.2, 0) is 14.3 Å². The van der Waals surface area contributed by atoms with Crippen LogP contribution in [0.2, 0.25) is 0 Å². The Hall–Kier alpha value is -2.04. The molecule has 1 aromatic rings. The molecule has 122 valence electrons. The standard InChI is InChI=1S/C17H24O5/c1-12-9-13(16(19)20-5)11-14(10-12)21-8-6-7-15(18)22-17(2,3)4/h9-11H,6-8H2,1-5H3. The molecule has 1 rings (SSSR count). The zero-order valence-corrected chi connectivity index (χ0v) is 13.9. The van der Waals surface area contributed by atoms with Crippen LogP contribution in [0.25, 0.3) is 0 Å². The van der Waals surface area contributed by atoms with Gasteiger partial charge in [-0.2, -0.15) is 0 Å². The fourth-order valence-corrected chi connectivity index (χ4v) is 1.87. The van der Waals surface area contributed by atoms with E-state index in [1.165, 1.54) is 7.11 Å². The van der Waals surface area contributed by atoms with E-state index < -0.39 is 11.6 Å². The summed E-state index contributed by atoms with van der Waals surface area (Å²) in [6, 6.07) is 5.20. The second-order valence-corrected chi connectivity index (χ2v) is 6.06. The normalized spacial score (nSPS) is 11.0. The first-order valence-corrected chi connectivity index (χ1v) is 7.26. The summed E-state index contributed by atoms with van der Waals surface area (Å²) in [4.78, 5) is 23.1. The van der Waals surface area contributed by atoms with Gasteiger partial charge in [-0.1, -0.05) is 0 Å². The molecule has 5 heteroatoms. The molecule has 0 saturated heterocycles. The lowest BCUT2D eigenvalue weighted by atomic mass is 10.1. The minimum Gasteiger partial charge on any atom is -0.494 e. The molecule has 0 bridgehead atoms. The van der Waals surface area contributed by atoms with Gasteiger partial charge >= 0.3 is 11.9 Å². The molecule has 0 aromatic heterocycles. The van der Waals surface area contributed by atoms with Crippen molar-refractivity contribution in [2.75, 3.05) is 13.7 Å². The third-order valence-corrected chi connectivity index (χ3v) is 2.69. The largest absolute Gasteiger partial charge is 0.494 e. The summed E-state index contributed by atoms with van der Waals surface area (Å²) in [7, 11) is 1.34. The third-order valence-electron chi connectivity index (χ3n) is 2.69. The quantitative estimate of drug-likeness (QED) is 0.596. The maximum Gasteiger partial charge on any atom is 0.337 e. The molecule has 0 fully saturated rings. The zero-order valence-electron chi connectivity index (χ0n) is 13.9. The molecule has 0 heterocycles. The second-order valence-electron chi connectivity index (χ2n) is 6.06. The summed E-state index contributed by atoms with van der Waals surface area (Å²) < 4.78 is 15.5. The molecule has 0 aliphatic rings. The van der Waals surface area contributed by atoms with Crippen molar-refractivity contribution in [3.63, 3.8) is 0 Å². The Labute approximate surface area is 131 Å². The average molecular weight is 308 g/mol. The summed E-state index contributed by atoms with van der Waals surface area (Å²) in [6.07, 6.45) is 0.851. The van der Waals surface area contributed by atoms with Gasteiger partial charge in [0.1, 0.15) is 11.4 Å². The number of ether oxygens (including phenoxy) is 3. The van der Waals surface area contributed by atoms with Crippen LogP contribution in [0.3, 0.4) is 0 Å². The highest BCUT2D eigenvalue weighted by atomic mass is 16.6. The van der Waals surface area contributed by atoms with Crippen LogP contribution < -0.4 is 4.74 Å². The van der Waals surface area contributed by atoms with Crippen LogP contribution in [0.1, 0.15) is 49.5 Å². The van der Waals surface area contributed by atoms with Gasteiger partial charge in [-0.05, 0) is 57.9 Å². The van der Waals surface area contributed by atoms with E-state index in [2.05, 4.69) is 0 Å². The first-order valence-electron chi connectivity index (χ1n) is 7.26. The molecule has 0 aliphatic heterocycles. The van der Waals surface area contributed by atoms with E-state index in [4.69, 9.17) is 14.2 Å². The summed E-state index contributed by atoms with van der Waals surface area (Å²) >= 11 is 0. The van der Waals surface area contributed by atoms with Crippen molar-refractivity contribution >= 4 is 11.9 Å². The zero-order chi connectivity index (χ0) is 16.8. The summed E-state index contributed by atoms with van der Waals surface area (Å²) in [5, 5.41) is 0. The number of hydrogen-bond acceptors (Lipinski definition) is 5. The number of carbonyl (C=O) groups excluding carboxylic acids is 2. The Morgan fingerprint density at radius 2 is 1.82 bits per heavy atom. The second kappa shape index (κ2) is 7.82. The van der Waals surface area contributed by atoms with Crippen LogP contribution in [0.5, 0.6) is 5.75 Å². The topological polar surface area (TPSA) is 61.8 Å². The fraction of sp³-hybridized carbons (Fsp3) is 0.529. The SMILES string of the molecule is COC(=O)c1cc(C)cc(OCCCC(=O)OC(C)(C)C)c1. The van der Waals surface area contributed by atoms with Crippen LogP contribution in [0.4, 0.5) is 0 Å². The number of carbonyl (C=O) groups is 2. The molecule has 0 amide bonds. The van der Waals surface area contributed by atoms with Crippen LogP contribution in [0.15, 0.2) is 18.2 Å². The van der Waals surface area contributed by atoms with Crippen LogP contribution >= 0.6 is 0 Å². The van der Waals surface area contributed by atoms with Crippen molar-refractivity contribution in [1.29, 1.82) is 0 Å². The lowest BCUT2D eigenvalue weighted by molar-refractivity contribution is -0.155. The van der Waals surface area contributed by atoms with Gasteiger partial charge in [-0.25, -0.2) is 4.79 Å². The smallest absolute Gasteiger partial charge is 0.337 e. The van der Waals surface area contributed by atoms with Crippen molar-refractivity contribution in [2.24, 2.45) is 0 Å². The van der Waals surface area contributed by atoms with Gasteiger partial charge in [0.05, 0.1) is 19.3 Å². The van der Waals surface area contributed by atoms with Gasteiger partial charge in [0.25, 0.3) is 0 Å². The van der Waals surface area contributed by atoms with E-state index in [1.54, 1.807) is 12.1 Å².